The first-order chi connectivity index (χ1) is 8.99. The number of rotatable bonds is 2. The van der Waals surface area contributed by atoms with Crippen molar-refractivity contribution >= 4 is 55.1 Å². The number of hydrogen-bond acceptors (Lipinski definition) is 1. The third kappa shape index (κ3) is 3.35. The van der Waals surface area contributed by atoms with Gasteiger partial charge < -0.3 is 5.32 Å². The van der Waals surface area contributed by atoms with E-state index in [2.05, 4.69) is 37.2 Å². The molecule has 0 radical (unpaired) electrons. The van der Waals surface area contributed by atoms with Crippen molar-refractivity contribution in [2.24, 2.45) is 0 Å². The normalized spacial score (nSPS) is 10.3. The van der Waals surface area contributed by atoms with Crippen LogP contribution in [0.25, 0.3) is 0 Å². The molecular weight excluding hydrogens is 400 g/mol. The second-order valence-electron chi connectivity index (χ2n) is 3.68. The second kappa shape index (κ2) is 6.03. The van der Waals surface area contributed by atoms with Crippen LogP contribution in [-0.4, -0.2) is 5.91 Å². The lowest BCUT2D eigenvalue weighted by molar-refractivity contribution is 0.102. The van der Waals surface area contributed by atoms with Crippen LogP contribution in [0.4, 0.5) is 10.1 Å². The van der Waals surface area contributed by atoms with Crippen LogP contribution in [-0.2, 0) is 0 Å². The standard InChI is InChI=1S/C13H7Br2ClFNO/c14-7-4-5-10(16)11(6-7)18-13(19)8-2-1-3-9(15)12(8)17/h1-6H,(H,18,19). The predicted molar refractivity (Wildman–Crippen MR) is 81.2 cm³/mol. The van der Waals surface area contributed by atoms with Crippen molar-refractivity contribution in [2.75, 3.05) is 5.32 Å². The number of carbonyl (C=O) groups excluding carboxylic acids is 1. The summed E-state index contributed by atoms with van der Waals surface area (Å²) in [5.74, 6) is -1.16. The zero-order valence-electron chi connectivity index (χ0n) is 9.38. The van der Waals surface area contributed by atoms with E-state index >= 15 is 0 Å². The van der Waals surface area contributed by atoms with E-state index in [9.17, 15) is 9.18 Å². The van der Waals surface area contributed by atoms with Gasteiger partial charge in [0.1, 0.15) is 5.82 Å². The highest BCUT2D eigenvalue weighted by Crippen LogP contribution is 2.27. The Kier molecular flexibility index (Phi) is 4.60. The van der Waals surface area contributed by atoms with Gasteiger partial charge in [0.2, 0.25) is 0 Å². The smallest absolute Gasteiger partial charge is 0.258 e. The van der Waals surface area contributed by atoms with Crippen molar-refractivity contribution < 1.29 is 9.18 Å². The summed E-state index contributed by atoms with van der Waals surface area (Å²) in [5.41, 5.74) is 0.367. The van der Waals surface area contributed by atoms with E-state index < -0.39 is 11.7 Å². The van der Waals surface area contributed by atoms with Gasteiger partial charge in [-0.25, -0.2) is 4.39 Å². The molecule has 2 nitrogen and oxygen atoms in total. The fourth-order valence-corrected chi connectivity index (χ4v) is 2.35. The van der Waals surface area contributed by atoms with Gasteiger partial charge in [0.05, 0.1) is 20.7 Å². The number of carbonyl (C=O) groups is 1. The molecule has 2 aromatic carbocycles. The third-order valence-corrected chi connectivity index (χ3v) is 3.81. The number of amides is 1. The topological polar surface area (TPSA) is 29.1 Å². The Morgan fingerprint density at radius 3 is 2.68 bits per heavy atom. The van der Waals surface area contributed by atoms with Gasteiger partial charge in [-0.2, -0.15) is 0 Å². The largest absolute Gasteiger partial charge is 0.321 e. The van der Waals surface area contributed by atoms with Crippen LogP contribution in [0.1, 0.15) is 10.4 Å². The minimum Gasteiger partial charge on any atom is -0.321 e. The van der Waals surface area contributed by atoms with Crippen LogP contribution >= 0.6 is 43.5 Å². The fourth-order valence-electron chi connectivity index (χ4n) is 1.46. The molecule has 0 heterocycles. The summed E-state index contributed by atoms with van der Waals surface area (Å²) in [6.07, 6.45) is 0. The lowest BCUT2D eigenvalue weighted by Crippen LogP contribution is -2.14. The highest BCUT2D eigenvalue weighted by atomic mass is 79.9. The van der Waals surface area contributed by atoms with Crippen molar-refractivity contribution in [1.82, 2.24) is 0 Å². The Morgan fingerprint density at radius 2 is 1.95 bits per heavy atom. The first-order valence-electron chi connectivity index (χ1n) is 5.19. The molecule has 2 aromatic rings. The molecule has 0 unspecified atom stereocenters. The minimum atomic E-state index is -0.605. The first kappa shape index (κ1) is 14.5. The van der Waals surface area contributed by atoms with Crippen molar-refractivity contribution in [3.05, 3.63) is 61.7 Å². The van der Waals surface area contributed by atoms with Crippen LogP contribution in [0, 0.1) is 5.82 Å². The van der Waals surface area contributed by atoms with Gasteiger partial charge in [0, 0.05) is 4.47 Å². The molecule has 2 rings (SSSR count). The molecule has 19 heavy (non-hydrogen) atoms. The minimum absolute atomic E-state index is 0.0505. The lowest BCUT2D eigenvalue weighted by atomic mass is 10.2. The molecule has 1 amide bonds. The number of hydrogen-bond donors (Lipinski definition) is 1. The fraction of sp³-hybridized carbons (Fsp3) is 0. The van der Waals surface area contributed by atoms with E-state index in [1.54, 1.807) is 24.3 Å². The van der Waals surface area contributed by atoms with Crippen molar-refractivity contribution in [2.45, 2.75) is 0 Å². The van der Waals surface area contributed by atoms with Crippen LogP contribution in [0.5, 0.6) is 0 Å². The summed E-state index contributed by atoms with van der Waals surface area (Å²) in [6, 6.07) is 9.55. The SMILES string of the molecule is O=C(Nc1cc(Br)ccc1Cl)c1cccc(Br)c1F. The summed E-state index contributed by atoms with van der Waals surface area (Å²) in [6.45, 7) is 0. The molecule has 0 aliphatic heterocycles. The molecule has 0 bridgehead atoms. The zero-order chi connectivity index (χ0) is 14.0. The maximum atomic E-state index is 13.8. The molecule has 0 atom stereocenters. The monoisotopic (exact) mass is 405 g/mol. The molecule has 0 aromatic heterocycles. The van der Waals surface area contributed by atoms with Gasteiger partial charge in [-0.3, -0.25) is 4.79 Å². The average Bonchev–Trinajstić information content (AvgIpc) is 2.37. The molecule has 0 aliphatic rings. The predicted octanol–water partition coefficient (Wildman–Crippen LogP) is 5.26. The highest BCUT2D eigenvalue weighted by molar-refractivity contribution is 9.10. The lowest BCUT2D eigenvalue weighted by Gasteiger charge is -2.09. The van der Waals surface area contributed by atoms with E-state index in [0.29, 0.717) is 10.7 Å². The van der Waals surface area contributed by atoms with Crippen LogP contribution in [0.3, 0.4) is 0 Å². The van der Waals surface area contributed by atoms with Crippen LogP contribution in [0.2, 0.25) is 5.02 Å². The van der Waals surface area contributed by atoms with E-state index in [4.69, 9.17) is 11.6 Å². The van der Waals surface area contributed by atoms with Gasteiger partial charge in [-0.05, 0) is 46.3 Å². The summed E-state index contributed by atoms with van der Waals surface area (Å²) in [7, 11) is 0. The quantitative estimate of drug-likeness (QED) is 0.723. The third-order valence-electron chi connectivity index (χ3n) is 2.37. The van der Waals surface area contributed by atoms with Gasteiger partial charge in [-0.15, -0.1) is 0 Å². The number of nitrogens with one attached hydrogen (secondary N) is 1. The van der Waals surface area contributed by atoms with Crippen LogP contribution in [0.15, 0.2) is 45.3 Å². The zero-order valence-corrected chi connectivity index (χ0v) is 13.3. The molecule has 0 spiro atoms. The maximum Gasteiger partial charge on any atom is 0.258 e. The van der Waals surface area contributed by atoms with Gasteiger partial charge in [-0.1, -0.05) is 33.6 Å². The molecule has 1 N–H and O–H groups in total. The van der Waals surface area contributed by atoms with E-state index in [1.165, 1.54) is 12.1 Å². The number of benzene rings is 2. The second-order valence-corrected chi connectivity index (χ2v) is 5.86. The Balaban J connectivity index is 2.31. The molecule has 98 valence electrons. The van der Waals surface area contributed by atoms with Crippen molar-refractivity contribution in [1.29, 1.82) is 0 Å². The maximum absolute atomic E-state index is 13.8. The average molecular weight is 407 g/mol. The first-order valence-corrected chi connectivity index (χ1v) is 7.16. The number of halogens is 4. The van der Waals surface area contributed by atoms with Crippen molar-refractivity contribution in [3.8, 4) is 0 Å². The number of anilines is 1. The Bertz CT molecular complexity index is 649. The summed E-state index contributed by atoms with van der Waals surface area (Å²) < 4.78 is 14.8. The van der Waals surface area contributed by atoms with E-state index in [-0.39, 0.29) is 10.0 Å². The molecule has 0 fully saturated rings. The molecule has 0 aliphatic carbocycles. The molecule has 0 saturated heterocycles. The van der Waals surface area contributed by atoms with E-state index in [0.717, 1.165) is 4.47 Å². The highest BCUT2D eigenvalue weighted by Gasteiger charge is 2.15. The summed E-state index contributed by atoms with van der Waals surface area (Å²) in [5, 5.41) is 2.96. The Labute approximate surface area is 131 Å². The Hall–Kier alpha value is -0.910. The van der Waals surface area contributed by atoms with Gasteiger partial charge in [0.15, 0.2) is 0 Å². The molecule has 0 saturated carbocycles. The summed E-state index contributed by atoms with van der Waals surface area (Å²) >= 11 is 12.3. The van der Waals surface area contributed by atoms with Gasteiger partial charge in [0.25, 0.3) is 5.91 Å². The molecule has 6 heteroatoms. The van der Waals surface area contributed by atoms with Crippen LogP contribution < -0.4 is 5.32 Å². The molecular formula is C13H7Br2ClFNO. The summed E-state index contributed by atoms with van der Waals surface area (Å²) in [4.78, 5) is 12.0. The van der Waals surface area contributed by atoms with E-state index in [1.807, 2.05) is 0 Å². The van der Waals surface area contributed by atoms with Gasteiger partial charge >= 0.3 is 0 Å². The van der Waals surface area contributed by atoms with Crippen molar-refractivity contribution in [3.63, 3.8) is 0 Å². The Morgan fingerprint density at radius 1 is 1.21 bits per heavy atom.